The highest BCUT2D eigenvalue weighted by Crippen LogP contribution is 2.30. The Labute approximate surface area is 183 Å². The first-order chi connectivity index (χ1) is 14.6. The Balaban J connectivity index is 1.44. The molecule has 8 heteroatoms. The van der Waals surface area contributed by atoms with Crippen molar-refractivity contribution in [1.82, 2.24) is 10.3 Å². The van der Waals surface area contributed by atoms with Gasteiger partial charge in [0, 0.05) is 19.6 Å². The van der Waals surface area contributed by atoms with E-state index in [0.717, 1.165) is 29.7 Å². The van der Waals surface area contributed by atoms with E-state index in [4.69, 9.17) is 16.3 Å². The van der Waals surface area contributed by atoms with E-state index >= 15 is 0 Å². The summed E-state index contributed by atoms with van der Waals surface area (Å²) >= 11 is 7.56. The van der Waals surface area contributed by atoms with E-state index < -0.39 is 0 Å². The Kier molecular flexibility index (Phi) is 6.62. The molecule has 6 nitrogen and oxygen atoms in total. The first-order valence-corrected chi connectivity index (χ1v) is 11.1. The van der Waals surface area contributed by atoms with Crippen LogP contribution in [0.1, 0.15) is 29.6 Å². The van der Waals surface area contributed by atoms with Crippen LogP contribution in [-0.2, 0) is 9.53 Å². The van der Waals surface area contributed by atoms with E-state index in [-0.39, 0.29) is 30.9 Å². The molecule has 2 aromatic carbocycles. The SMILES string of the molecule is O=C(NCCC(=O)N(CC1CCCO1)c1nc2ccccc2s1)c1ccccc1Cl. The molecule has 0 spiro atoms. The van der Waals surface area contributed by atoms with Gasteiger partial charge in [-0.2, -0.15) is 0 Å². The first kappa shape index (κ1) is 20.8. The molecule has 156 valence electrons. The van der Waals surface area contributed by atoms with Crippen molar-refractivity contribution in [3.63, 3.8) is 0 Å². The van der Waals surface area contributed by atoms with E-state index in [1.165, 1.54) is 11.3 Å². The molecule has 1 unspecified atom stereocenters. The molecule has 2 amide bonds. The number of nitrogens with zero attached hydrogens (tertiary/aromatic N) is 2. The summed E-state index contributed by atoms with van der Waals surface area (Å²) in [6.45, 7) is 1.41. The molecule has 3 aromatic rings. The minimum atomic E-state index is -0.293. The number of amides is 2. The van der Waals surface area contributed by atoms with E-state index in [9.17, 15) is 9.59 Å². The maximum atomic E-state index is 13.1. The van der Waals surface area contributed by atoms with Gasteiger partial charge in [-0.25, -0.2) is 4.98 Å². The van der Waals surface area contributed by atoms with Crippen molar-refractivity contribution in [2.24, 2.45) is 0 Å². The highest BCUT2D eigenvalue weighted by molar-refractivity contribution is 7.22. The monoisotopic (exact) mass is 443 g/mol. The number of fused-ring (bicyclic) bond motifs is 1. The summed E-state index contributed by atoms with van der Waals surface area (Å²) in [4.78, 5) is 31.7. The number of aromatic nitrogens is 1. The maximum Gasteiger partial charge on any atom is 0.252 e. The molecule has 0 bridgehead atoms. The van der Waals surface area contributed by atoms with Crippen LogP contribution < -0.4 is 10.2 Å². The second-order valence-electron chi connectivity index (χ2n) is 7.09. The lowest BCUT2D eigenvalue weighted by atomic mass is 10.2. The number of carbonyl (C=O) groups excluding carboxylic acids is 2. The topological polar surface area (TPSA) is 71.5 Å². The average molecular weight is 444 g/mol. The molecule has 30 heavy (non-hydrogen) atoms. The fraction of sp³-hybridized carbons (Fsp3) is 0.318. The molecule has 1 aromatic heterocycles. The normalized spacial score (nSPS) is 16.0. The van der Waals surface area contributed by atoms with Gasteiger partial charge in [0.05, 0.1) is 33.5 Å². The van der Waals surface area contributed by atoms with Crippen LogP contribution in [-0.4, -0.2) is 42.6 Å². The standard InChI is InChI=1S/C22H22ClN3O3S/c23-17-8-2-1-7-16(17)21(28)24-12-11-20(27)26(14-15-6-5-13-29-15)22-25-18-9-3-4-10-19(18)30-22/h1-4,7-10,15H,5-6,11-14H2,(H,24,28). The Hall–Kier alpha value is -2.48. The number of nitrogens with one attached hydrogen (secondary N) is 1. The predicted octanol–water partition coefficient (Wildman–Crippen LogP) is 4.28. The van der Waals surface area contributed by atoms with Crippen LogP contribution in [0, 0.1) is 0 Å². The molecule has 0 saturated carbocycles. The minimum absolute atomic E-state index is 0.0127. The summed E-state index contributed by atoms with van der Waals surface area (Å²) in [5, 5.41) is 3.82. The molecule has 1 fully saturated rings. The third-order valence-electron chi connectivity index (χ3n) is 4.97. The number of rotatable bonds is 7. The van der Waals surface area contributed by atoms with Crippen LogP contribution >= 0.6 is 22.9 Å². The molecule has 2 heterocycles. The molecule has 1 aliphatic rings. The molecule has 4 rings (SSSR count). The van der Waals surface area contributed by atoms with Gasteiger partial charge >= 0.3 is 0 Å². The van der Waals surface area contributed by atoms with Crippen LogP contribution in [0.3, 0.4) is 0 Å². The minimum Gasteiger partial charge on any atom is -0.376 e. The molecule has 0 aliphatic carbocycles. The summed E-state index contributed by atoms with van der Waals surface area (Å²) in [5.74, 6) is -0.386. The van der Waals surface area contributed by atoms with Crippen molar-refractivity contribution in [2.75, 3.05) is 24.6 Å². The summed E-state index contributed by atoms with van der Waals surface area (Å²) in [5.41, 5.74) is 1.27. The fourth-order valence-electron chi connectivity index (χ4n) is 3.41. The number of hydrogen-bond acceptors (Lipinski definition) is 5. The third kappa shape index (κ3) is 4.80. The Morgan fingerprint density at radius 3 is 2.77 bits per heavy atom. The molecular weight excluding hydrogens is 422 g/mol. The van der Waals surface area contributed by atoms with E-state index in [1.54, 1.807) is 29.2 Å². The van der Waals surface area contributed by atoms with Gasteiger partial charge in [-0.3, -0.25) is 14.5 Å². The predicted molar refractivity (Wildman–Crippen MR) is 119 cm³/mol. The Morgan fingerprint density at radius 2 is 2.00 bits per heavy atom. The summed E-state index contributed by atoms with van der Waals surface area (Å²) in [6, 6.07) is 14.7. The largest absolute Gasteiger partial charge is 0.376 e. The second kappa shape index (κ2) is 9.55. The quantitative estimate of drug-likeness (QED) is 0.591. The average Bonchev–Trinajstić information content (AvgIpc) is 3.41. The highest BCUT2D eigenvalue weighted by atomic mass is 35.5. The van der Waals surface area contributed by atoms with E-state index in [2.05, 4.69) is 10.3 Å². The van der Waals surface area contributed by atoms with Gasteiger partial charge in [0.15, 0.2) is 5.13 Å². The van der Waals surface area contributed by atoms with Gasteiger partial charge < -0.3 is 10.1 Å². The van der Waals surface area contributed by atoms with Crippen molar-refractivity contribution in [3.8, 4) is 0 Å². The maximum absolute atomic E-state index is 13.1. The zero-order valence-corrected chi connectivity index (χ0v) is 17.9. The van der Waals surface area contributed by atoms with E-state index in [1.807, 2.05) is 24.3 Å². The van der Waals surface area contributed by atoms with E-state index in [0.29, 0.717) is 22.3 Å². The Bertz CT molecular complexity index is 1020. The van der Waals surface area contributed by atoms with Gasteiger partial charge in [0.25, 0.3) is 5.91 Å². The van der Waals surface area contributed by atoms with Gasteiger partial charge in [-0.15, -0.1) is 0 Å². The second-order valence-corrected chi connectivity index (χ2v) is 8.51. The van der Waals surface area contributed by atoms with Crippen LogP contribution in [0.25, 0.3) is 10.2 Å². The molecule has 1 atom stereocenters. The fourth-order valence-corrected chi connectivity index (χ4v) is 4.63. The zero-order chi connectivity index (χ0) is 20.9. The van der Waals surface area contributed by atoms with Crippen molar-refractivity contribution >= 4 is 50.1 Å². The molecule has 0 radical (unpaired) electrons. The highest BCUT2D eigenvalue weighted by Gasteiger charge is 2.26. The van der Waals surface area contributed by atoms with Crippen molar-refractivity contribution < 1.29 is 14.3 Å². The van der Waals surface area contributed by atoms with Crippen LogP contribution in [0.4, 0.5) is 5.13 Å². The number of benzene rings is 2. The van der Waals surface area contributed by atoms with Gasteiger partial charge in [-0.1, -0.05) is 47.2 Å². The number of thiazole rings is 1. The van der Waals surface area contributed by atoms with Crippen LogP contribution in [0.15, 0.2) is 48.5 Å². The summed E-state index contributed by atoms with van der Waals surface area (Å²) in [7, 11) is 0. The van der Waals surface area contributed by atoms with Gasteiger partial charge in [0.2, 0.25) is 5.91 Å². The zero-order valence-electron chi connectivity index (χ0n) is 16.3. The lowest BCUT2D eigenvalue weighted by Crippen LogP contribution is -2.39. The lowest BCUT2D eigenvalue weighted by molar-refractivity contribution is -0.118. The number of ether oxygens (including phenoxy) is 1. The molecule has 1 saturated heterocycles. The van der Waals surface area contributed by atoms with Gasteiger partial charge in [-0.05, 0) is 37.1 Å². The van der Waals surface area contributed by atoms with Gasteiger partial charge in [0.1, 0.15) is 0 Å². The number of hydrogen-bond donors (Lipinski definition) is 1. The number of halogens is 1. The summed E-state index contributed by atoms with van der Waals surface area (Å²) in [6.07, 6.45) is 2.11. The van der Waals surface area contributed by atoms with Crippen molar-refractivity contribution in [1.29, 1.82) is 0 Å². The Morgan fingerprint density at radius 1 is 1.20 bits per heavy atom. The number of carbonyl (C=O) groups is 2. The molecule has 1 N–H and O–H groups in total. The first-order valence-electron chi connectivity index (χ1n) is 9.92. The number of para-hydroxylation sites is 1. The van der Waals surface area contributed by atoms with Crippen LogP contribution in [0.5, 0.6) is 0 Å². The number of anilines is 1. The smallest absolute Gasteiger partial charge is 0.252 e. The summed E-state index contributed by atoms with van der Waals surface area (Å²) < 4.78 is 6.77. The lowest BCUT2D eigenvalue weighted by Gasteiger charge is -2.23. The van der Waals surface area contributed by atoms with Crippen molar-refractivity contribution in [3.05, 3.63) is 59.1 Å². The molecular formula is C22H22ClN3O3S. The van der Waals surface area contributed by atoms with Crippen molar-refractivity contribution in [2.45, 2.75) is 25.4 Å². The molecule has 1 aliphatic heterocycles. The third-order valence-corrected chi connectivity index (χ3v) is 6.36. The van der Waals surface area contributed by atoms with Crippen LogP contribution in [0.2, 0.25) is 5.02 Å².